The summed E-state index contributed by atoms with van der Waals surface area (Å²) in [5, 5.41) is 4.47. The standard InChI is InChI=1S/C23H35Cl2NO2/c1-15(2)9-8-12-28-23-16(3)19(13-20(24)22(23)25)17(4)26-14-18-10-6-7-11-21(18)27-5/h13,15,18,21,26H,4,6-12,14H2,1-3,5H3/t18-,21+/m0/s1. The minimum atomic E-state index is 0.323. The van der Waals surface area contributed by atoms with E-state index in [1.807, 2.05) is 20.1 Å². The third-order valence-electron chi connectivity index (χ3n) is 5.64. The molecular weight excluding hydrogens is 393 g/mol. The van der Waals surface area contributed by atoms with Gasteiger partial charge in [-0.1, -0.05) is 56.5 Å². The third kappa shape index (κ3) is 6.30. The van der Waals surface area contributed by atoms with Gasteiger partial charge in [-0.15, -0.1) is 0 Å². The van der Waals surface area contributed by atoms with Crippen LogP contribution in [-0.2, 0) is 4.74 Å². The van der Waals surface area contributed by atoms with Crippen molar-refractivity contribution in [2.75, 3.05) is 20.3 Å². The van der Waals surface area contributed by atoms with Gasteiger partial charge < -0.3 is 14.8 Å². The molecule has 28 heavy (non-hydrogen) atoms. The van der Waals surface area contributed by atoms with Gasteiger partial charge in [0, 0.05) is 36.4 Å². The van der Waals surface area contributed by atoms with E-state index in [0.29, 0.717) is 40.3 Å². The topological polar surface area (TPSA) is 30.5 Å². The fraction of sp³-hybridized carbons (Fsp3) is 0.652. The first-order valence-corrected chi connectivity index (χ1v) is 11.2. The minimum Gasteiger partial charge on any atom is -0.492 e. The zero-order chi connectivity index (χ0) is 20.7. The average Bonchev–Trinajstić information content (AvgIpc) is 2.68. The number of hydrogen-bond donors (Lipinski definition) is 1. The van der Waals surface area contributed by atoms with Gasteiger partial charge in [-0.3, -0.25) is 0 Å². The van der Waals surface area contributed by atoms with Gasteiger partial charge in [0.25, 0.3) is 0 Å². The first-order valence-electron chi connectivity index (χ1n) is 10.4. The maximum atomic E-state index is 6.43. The molecule has 2 atom stereocenters. The Kier molecular flexibility index (Phi) is 9.46. The summed E-state index contributed by atoms with van der Waals surface area (Å²) in [4.78, 5) is 0. The van der Waals surface area contributed by atoms with Gasteiger partial charge in [0.2, 0.25) is 0 Å². The molecule has 158 valence electrons. The molecule has 0 radical (unpaired) electrons. The van der Waals surface area contributed by atoms with E-state index in [1.54, 1.807) is 0 Å². The smallest absolute Gasteiger partial charge is 0.142 e. The summed E-state index contributed by atoms with van der Waals surface area (Å²) < 4.78 is 11.7. The van der Waals surface area contributed by atoms with Crippen LogP contribution >= 0.6 is 23.2 Å². The zero-order valence-corrected chi connectivity index (χ0v) is 19.3. The molecule has 0 aliphatic heterocycles. The van der Waals surface area contributed by atoms with Crippen molar-refractivity contribution in [1.82, 2.24) is 5.32 Å². The van der Waals surface area contributed by atoms with E-state index in [1.165, 1.54) is 19.3 Å². The highest BCUT2D eigenvalue weighted by Crippen LogP contribution is 2.39. The summed E-state index contributed by atoms with van der Waals surface area (Å²) in [5.74, 6) is 1.84. The van der Waals surface area contributed by atoms with Crippen molar-refractivity contribution in [2.45, 2.75) is 65.4 Å². The molecule has 0 spiro atoms. The van der Waals surface area contributed by atoms with Gasteiger partial charge in [-0.25, -0.2) is 0 Å². The van der Waals surface area contributed by atoms with Crippen LogP contribution in [0.25, 0.3) is 5.70 Å². The van der Waals surface area contributed by atoms with Crippen LogP contribution in [-0.4, -0.2) is 26.4 Å². The molecule has 2 rings (SSSR count). The van der Waals surface area contributed by atoms with Crippen LogP contribution in [0.1, 0.15) is 63.5 Å². The van der Waals surface area contributed by atoms with E-state index in [0.717, 1.165) is 42.6 Å². The van der Waals surface area contributed by atoms with Crippen molar-refractivity contribution in [3.8, 4) is 5.75 Å². The van der Waals surface area contributed by atoms with Gasteiger partial charge in [0.15, 0.2) is 0 Å². The van der Waals surface area contributed by atoms with Crippen LogP contribution in [0.4, 0.5) is 0 Å². The average molecular weight is 428 g/mol. The molecule has 1 aliphatic rings. The molecule has 3 nitrogen and oxygen atoms in total. The molecule has 0 bridgehead atoms. The number of benzene rings is 1. The highest BCUT2D eigenvalue weighted by Gasteiger charge is 2.25. The zero-order valence-electron chi connectivity index (χ0n) is 17.7. The fourth-order valence-corrected chi connectivity index (χ4v) is 4.36. The lowest BCUT2D eigenvalue weighted by atomic mass is 9.86. The summed E-state index contributed by atoms with van der Waals surface area (Å²) in [5.41, 5.74) is 2.78. The molecule has 0 amide bonds. The number of methoxy groups -OCH3 is 1. The van der Waals surface area contributed by atoms with Crippen molar-refractivity contribution in [3.05, 3.63) is 33.8 Å². The number of rotatable bonds is 10. The molecule has 1 fully saturated rings. The van der Waals surface area contributed by atoms with E-state index in [2.05, 4.69) is 25.7 Å². The predicted molar refractivity (Wildman–Crippen MR) is 121 cm³/mol. The van der Waals surface area contributed by atoms with Crippen molar-refractivity contribution in [1.29, 1.82) is 0 Å². The fourth-order valence-electron chi connectivity index (χ4n) is 3.91. The first-order chi connectivity index (χ1) is 13.3. The van der Waals surface area contributed by atoms with Gasteiger partial charge in [0.1, 0.15) is 10.8 Å². The molecule has 0 aromatic heterocycles. The van der Waals surface area contributed by atoms with Crippen molar-refractivity contribution in [2.24, 2.45) is 11.8 Å². The lowest BCUT2D eigenvalue weighted by Crippen LogP contribution is -2.34. The molecular formula is C23H35Cl2NO2. The van der Waals surface area contributed by atoms with Crippen LogP contribution in [0.2, 0.25) is 10.0 Å². The van der Waals surface area contributed by atoms with Crippen molar-refractivity contribution in [3.63, 3.8) is 0 Å². The maximum absolute atomic E-state index is 6.43. The first kappa shape index (κ1) is 23.4. The second-order valence-corrected chi connectivity index (χ2v) is 9.02. The van der Waals surface area contributed by atoms with Gasteiger partial charge in [-0.2, -0.15) is 0 Å². The molecule has 0 saturated heterocycles. The normalized spacial score (nSPS) is 19.7. The summed E-state index contributed by atoms with van der Waals surface area (Å²) >= 11 is 12.8. The Labute approximate surface area is 180 Å². The minimum absolute atomic E-state index is 0.323. The SMILES string of the molecule is C=C(NC[C@@H]1CCCC[C@H]1OC)c1cc(Cl)c(Cl)c(OCCCC(C)C)c1C. The lowest BCUT2D eigenvalue weighted by molar-refractivity contribution is 0.0254. The molecule has 0 heterocycles. The van der Waals surface area contributed by atoms with E-state index in [-0.39, 0.29) is 0 Å². The Balaban J connectivity index is 2.06. The number of ether oxygens (including phenoxy) is 2. The second kappa shape index (κ2) is 11.3. The van der Waals surface area contributed by atoms with E-state index in [4.69, 9.17) is 32.7 Å². The highest BCUT2D eigenvalue weighted by atomic mass is 35.5. The Hall–Kier alpha value is -0.900. The molecule has 0 unspecified atom stereocenters. The van der Waals surface area contributed by atoms with E-state index in [9.17, 15) is 0 Å². The second-order valence-electron chi connectivity index (χ2n) is 8.24. The van der Waals surface area contributed by atoms with Crippen molar-refractivity contribution < 1.29 is 9.47 Å². The Morgan fingerprint density at radius 1 is 1.29 bits per heavy atom. The molecule has 1 aromatic carbocycles. The van der Waals surface area contributed by atoms with E-state index >= 15 is 0 Å². The predicted octanol–water partition coefficient (Wildman–Crippen LogP) is 6.88. The van der Waals surface area contributed by atoms with Gasteiger partial charge >= 0.3 is 0 Å². The van der Waals surface area contributed by atoms with Crippen LogP contribution in [0.15, 0.2) is 12.6 Å². The lowest BCUT2D eigenvalue weighted by Gasteiger charge is -2.31. The number of nitrogens with one attached hydrogen (secondary N) is 1. The molecule has 1 aromatic rings. The summed E-state index contributed by atoms with van der Waals surface area (Å²) in [7, 11) is 1.81. The summed E-state index contributed by atoms with van der Waals surface area (Å²) in [6, 6.07) is 1.88. The van der Waals surface area contributed by atoms with Crippen LogP contribution in [0, 0.1) is 18.8 Å². The Morgan fingerprint density at radius 2 is 2.00 bits per heavy atom. The Morgan fingerprint density at radius 3 is 2.68 bits per heavy atom. The molecule has 1 saturated carbocycles. The number of halogens is 2. The molecule has 1 N–H and O–H groups in total. The largest absolute Gasteiger partial charge is 0.492 e. The summed E-state index contributed by atoms with van der Waals surface area (Å²) in [6.07, 6.45) is 7.27. The highest BCUT2D eigenvalue weighted by molar-refractivity contribution is 6.43. The van der Waals surface area contributed by atoms with Crippen LogP contribution < -0.4 is 10.1 Å². The van der Waals surface area contributed by atoms with E-state index < -0.39 is 0 Å². The summed E-state index contributed by atoms with van der Waals surface area (Å²) in [6.45, 7) is 12.2. The monoisotopic (exact) mass is 427 g/mol. The third-order valence-corrected chi connectivity index (χ3v) is 6.41. The quantitative estimate of drug-likeness (QED) is 0.412. The molecule has 5 heteroatoms. The maximum Gasteiger partial charge on any atom is 0.142 e. The van der Waals surface area contributed by atoms with Gasteiger partial charge in [-0.05, 0) is 44.6 Å². The van der Waals surface area contributed by atoms with Crippen LogP contribution in [0.5, 0.6) is 5.75 Å². The molecule has 1 aliphatic carbocycles. The Bertz CT molecular complexity index is 660. The van der Waals surface area contributed by atoms with Crippen molar-refractivity contribution >= 4 is 28.9 Å². The number of hydrogen-bond acceptors (Lipinski definition) is 3. The van der Waals surface area contributed by atoms with Gasteiger partial charge in [0.05, 0.1) is 17.7 Å². The van der Waals surface area contributed by atoms with Crippen LogP contribution in [0.3, 0.4) is 0 Å².